The maximum absolute atomic E-state index is 12.8. The van der Waals surface area contributed by atoms with Gasteiger partial charge in [-0.05, 0) is 89.9 Å². The van der Waals surface area contributed by atoms with E-state index in [0.29, 0.717) is 19.3 Å². The van der Waals surface area contributed by atoms with Gasteiger partial charge in [0.05, 0.1) is 0 Å². The summed E-state index contributed by atoms with van der Waals surface area (Å²) in [5.41, 5.74) is 0. The van der Waals surface area contributed by atoms with Gasteiger partial charge in [0.25, 0.3) is 0 Å². The van der Waals surface area contributed by atoms with Gasteiger partial charge in [0.15, 0.2) is 6.10 Å². The standard InChI is InChI=1S/C60H98O6/c1-4-7-10-13-16-19-22-25-27-29-30-31-33-35-38-41-44-47-50-53-59(62)65-56-57(55-64-58(61)52-49-46-43-40-37-34-24-21-18-15-12-9-6-3)66-60(63)54-51-48-45-42-39-36-32-28-26-23-20-17-14-11-8-5-2/h7,9-10,12,15-16,18-19,21,24-25,27-28,32,34,37,40,43,57H,4-6,8,11,13-14,17,20,22-23,26,29-31,33,35-36,38-39,41-42,44-56H2,1-3H3/b10-7+,12-9+,18-15+,19-16+,24-21+,27-25+,32-28+,37-34+,43-40+. The molecule has 0 aliphatic rings. The monoisotopic (exact) mass is 915 g/mol. The van der Waals surface area contributed by atoms with Crippen molar-refractivity contribution in [3.05, 3.63) is 109 Å². The first-order valence-electron chi connectivity index (χ1n) is 27.0. The highest BCUT2D eigenvalue weighted by molar-refractivity contribution is 5.71. The van der Waals surface area contributed by atoms with Crippen molar-refractivity contribution in [3.63, 3.8) is 0 Å². The number of ether oxygens (including phenoxy) is 3. The van der Waals surface area contributed by atoms with E-state index in [1.807, 2.05) is 54.7 Å². The summed E-state index contributed by atoms with van der Waals surface area (Å²) in [5, 5.41) is 0. The lowest BCUT2D eigenvalue weighted by molar-refractivity contribution is -0.167. The fourth-order valence-electron chi connectivity index (χ4n) is 7.13. The van der Waals surface area contributed by atoms with Crippen molar-refractivity contribution < 1.29 is 28.6 Å². The molecule has 0 aromatic rings. The van der Waals surface area contributed by atoms with Gasteiger partial charge in [0.1, 0.15) is 13.2 Å². The summed E-state index contributed by atoms with van der Waals surface area (Å²) in [6.45, 7) is 6.30. The molecule has 0 aliphatic carbocycles. The molecule has 6 nitrogen and oxygen atoms in total. The first kappa shape index (κ1) is 62.1. The largest absolute Gasteiger partial charge is 0.462 e. The van der Waals surface area contributed by atoms with Crippen molar-refractivity contribution in [3.8, 4) is 0 Å². The Balaban J connectivity index is 4.47. The Morgan fingerprint density at radius 3 is 1.17 bits per heavy atom. The minimum absolute atomic E-state index is 0.108. The molecule has 0 saturated heterocycles. The van der Waals surface area contributed by atoms with Crippen molar-refractivity contribution >= 4 is 17.9 Å². The number of rotatable bonds is 47. The topological polar surface area (TPSA) is 78.9 Å². The molecule has 1 unspecified atom stereocenters. The molecule has 374 valence electrons. The number of esters is 3. The summed E-state index contributed by atoms with van der Waals surface area (Å²) in [6, 6.07) is 0. The second-order valence-electron chi connectivity index (χ2n) is 17.5. The number of hydrogen-bond donors (Lipinski definition) is 0. The molecule has 0 aromatic heterocycles. The molecule has 0 fully saturated rings. The van der Waals surface area contributed by atoms with Gasteiger partial charge in [-0.1, -0.05) is 233 Å². The maximum atomic E-state index is 12.8. The minimum Gasteiger partial charge on any atom is -0.462 e. The summed E-state index contributed by atoms with van der Waals surface area (Å²) in [7, 11) is 0. The van der Waals surface area contributed by atoms with E-state index in [-0.39, 0.29) is 37.5 Å². The van der Waals surface area contributed by atoms with Gasteiger partial charge >= 0.3 is 17.9 Å². The second-order valence-corrected chi connectivity index (χ2v) is 17.5. The van der Waals surface area contributed by atoms with E-state index in [0.717, 1.165) is 89.9 Å². The molecule has 0 saturated carbocycles. The lowest BCUT2D eigenvalue weighted by Crippen LogP contribution is -2.30. The van der Waals surface area contributed by atoms with Crippen LogP contribution in [0, 0.1) is 0 Å². The van der Waals surface area contributed by atoms with Crippen molar-refractivity contribution in [2.75, 3.05) is 13.2 Å². The summed E-state index contributed by atoms with van der Waals surface area (Å²) < 4.78 is 16.7. The van der Waals surface area contributed by atoms with Gasteiger partial charge in [0.2, 0.25) is 0 Å². The van der Waals surface area contributed by atoms with E-state index in [1.54, 1.807) is 0 Å². The van der Waals surface area contributed by atoms with Crippen LogP contribution >= 0.6 is 0 Å². The number of hydrogen-bond acceptors (Lipinski definition) is 6. The predicted octanol–water partition coefficient (Wildman–Crippen LogP) is 17.9. The van der Waals surface area contributed by atoms with Gasteiger partial charge in [-0.15, -0.1) is 0 Å². The average Bonchev–Trinajstić information content (AvgIpc) is 3.31. The zero-order chi connectivity index (χ0) is 47.9. The molecule has 0 N–H and O–H groups in total. The summed E-state index contributed by atoms with van der Waals surface area (Å²) in [6.07, 6.45) is 72.3. The molecule has 0 aliphatic heterocycles. The Hall–Kier alpha value is -3.93. The predicted molar refractivity (Wildman–Crippen MR) is 283 cm³/mol. The lowest BCUT2D eigenvalue weighted by atomic mass is 10.1. The highest BCUT2D eigenvalue weighted by atomic mass is 16.6. The van der Waals surface area contributed by atoms with Gasteiger partial charge in [0, 0.05) is 19.3 Å². The molecule has 6 heteroatoms. The molecule has 1 atom stereocenters. The molecule has 0 radical (unpaired) electrons. The molecule has 0 rings (SSSR count). The van der Waals surface area contributed by atoms with Crippen molar-refractivity contribution in [2.45, 2.75) is 239 Å². The second kappa shape index (κ2) is 53.7. The van der Waals surface area contributed by atoms with Crippen LogP contribution in [-0.4, -0.2) is 37.2 Å². The van der Waals surface area contributed by atoms with E-state index in [1.165, 1.54) is 96.3 Å². The zero-order valence-corrected chi connectivity index (χ0v) is 42.7. The third-order valence-electron chi connectivity index (χ3n) is 11.1. The van der Waals surface area contributed by atoms with Crippen LogP contribution in [0.25, 0.3) is 0 Å². The van der Waals surface area contributed by atoms with Gasteiger partial charge < -0.3 is 14.2 Å². The van der Waals surface area contributed by atoms with Crippen molar-refractivity contribution in [1.82, 2.24) is 0 Å². The molecular weight excluding hydrogens is 817 g/mol. The molecule has 0 amide bonds. The Morgan fingerprint density at radius 2 is 0.682 bits per heavy atom. The van der Waals surface area contributed by atoms with E-state index >= 15 is 0 Å². The highest BCUT2D eigenvalue weighted by Crippen LogP contribution is 2.14. The quantitative estimate of drug-likeness (QED) is 0.0199. The van der Waals surface area contributed by atoms with Crippen LogP contribution < -0.4 is 0 Å². The lowest BCUT2D eigenvalue weighted by Gasteiger charge is -2.18. The number of unbranched alkanes of at least 4 members (excludes halogenated alkanes) is 22. The fraction of sp³-hybridized carbons (Fsp3) is 0.650. The smallest absolute Gasteiger partial charge is 0.306 e. The Morgan fingerprint density at radius 1 is 0.333 bits per heavy atom. The number of allylic oxidation sites excluding steroid dienone is 18. The van der Waals surface area contributed by atoms with Crippen molar-refractivity contribution in [1.29, 1.82) is 0 Å². The fourth-order valence-corrected chi connectivity index (χ4v) is 7.13. The molecular formula is C60H98O6. The van der Waals surface area contributed by atoms with E-state index in [9.17, 15) is 14.4 Å². The van der Waals surface area contributed by atoms with Crippen LogP contribution in [0.3, 0.4) is 0 Å². The zero-order valence-electron chi connectivity index (χ0n) is 42.7. The van der Waals surface area contributed by atoms with Gasteiger partial charge in [-0.2, -0.15) is 0 Å². The third-order valence-corrected chi connectivity index (χ3v) is 11.1. The van der Waals surface area contributed by atoms with Crippen LogP contribution in [-0.2, 0) is 28.6 Å². The summed E-state index contributed by atoms with van der Waals surface area (Å²) in [4.78, 5) is 38.0. The van der Waals surface area contributed by atoms with Crippen LogP contribution in [0.2, 0.25) is 0 Å². The molecule has 0 heterocycles. The third kappa shape index (κ3) is 51.1. The Bertz CT molecular complexity index is 1370. The SMILES string of the molecule is CC/C=C/C=C/C=C/C=C/C=C/CCCC(=O)OCC(COC(=O)CCCCCCCCCCC/C=C/C/C=C/C/C=C/CC)OC(=O)CCCCCCC/C=C/CCCCCCCCC. The number of carbonyl (C=O) groups excluding carboxylic acids is 3. The molecule has 0 aromatic carbocycles. The van der Waals surface area contributed by atoms with E-state index in [4.69, 9.17) is 14.2 Å². The number of carbonyl (C=O) groups is 3. The molecule has 0 spiro atoms. The maximum Gasteiger partial charge on any atom is 0.306 e. The van der Waals surface area contributed by atoms with Crippen molar-refractivity contribution in [2.24, 2.45) is 0 Å². The van der Waals surface area contributed by atoms with Gasteiger partial charge in [-0.25, -0.2) is 0 Å². The van der Waals surface area contributed by atoms with Gasteiger partial charge in [-0.3, -0.25) is 14.4 Å². The minimum atomic E-state index is -0.815. The van der Waals surface area contributed by atoms with Crippen LogP contribution in [0.5, 0.6) is 0 Å². The Labute approximate surface area is 406 Å². The van der Waals surface area contributed by atoms with Crippen LogP contribution in [0.4, 0.5) is 0 Å². The normalized spacial score (nSPS) is 13.0. The highest BCUT2D eigenvalue weighted by Gasteiger charge is 2.19. The first-order chi connectivity index (χ1) is 32.5. The summed E-state index contributed by atoms with van der Waals surface area (Å²) in [5.74, 6) is -1.00. The average molecular weight is 915 g/mol. The molecule has 66 heavy (non-hydrogen) atoms. The Kier molecular flexibility index (Phi) is 50.5. The van der Waals surface area contributed by atoms with E-state index < -0.39 is 6.10 Å². The van der Waals surface area contributed by atoms with Crippen LogP contribution in [0.15, 0.2) is 109 Å². The van der Waals surface area contributed by atoms with E-state index in [2.05, 4.69) is 75.5 Å². The summed E-state index contributed by atoms with van der Waals surface area (Å²) >= 11 is 0. The molecule has 0 bridgehead atoms. The van der Waals surface area contributed by atoms with Crippen LogP contribution in [0.1, 0.15) is 233 Å². The first-order valence-corrected chi connectivity index (χ1v) is 27.0.